The summed E-state index contributed by atoms with van der Waals surface area (Å²) in [5.74, 6) is -0.451. The molecule has 1 aliphatic rings. The fourth-order valence-corrected chi connectivity index (χ4v) is 1.69. The van der Waals surface area contributed by atoms with Crippen molar-refractivity contribution in [3.05, 3.63) is 35.6 Å². The van der Waals surface area contributed by atoms with Crippen LogP contribution in [0.2, 0.25) is 0 Å². The van der Waals surface area contributed by atoms with E-state index < -0.39 is 6.10 Å². The number of hydrogen-bond donors (Lipinski definition) is 1. The lowest BCUT2D eigenvalue weighted by Crippen LogP contribution is -2.35. The summed E-state index contributed by atoms with van der Waals surface area (Å²) in [5, 5.41) is 6.64. The number of hydrogen-bond acceptors (Lipinski definition) is 3. The van der Waals surface area contributed by atoms with E-state index in [1.807, 2.05) is 6.92 Å². The largest absolute Gasteiger partial charge is 0.382 e. The Morgan fingerprint density at radius 1 is 1.50 bits per heavy atom. The van der Waals surface area contributed by atoms with Crippen LogP contribution in [0.5, 0.6) is 0 Å². The maximum Gasteiger partial charge on any atom is 0.264 e. The lowest BCUT2D eigenvalue weighted by Gasteiger charge is -2.08. The van der Waals surface area contributed by atoms with Crippen LogP contribution in [-0.4, -0.2) is 24.3 Å². The van der Waals surface area contributed by atoms with Crippen LogP contribution >= 0.6 is 0 Å². The number of carbonyl (C=O) groups is 1. The first-order chi connectivity index (χ1) is 8.70. The molecule has 5 heteroatoms. The van der Waals surface area contributed by atoms with Gasteiger partial charge in [-0.05, 0) is 24.1 Å². The number of amides is 1. The average Bonchev–Trinajstić information content (AvgIpc) is 2.86. The SMILES string of the molecule is CCCNC(=O)C1CC(c2ccc(F)cc2)=NO1. The van der Waals surface area contributed by atoms with Crippen LogP contribution < -0.4 is 5.32 Å². The van der Waals surface area contributed by atoms with Crippen LogP contribution in [0.1, 0.15) is 25.3 Å². The van der Waals surface area contributed by atoms with Crippen LogP contribution in [0.3, 0.4) is 0 Å². The van der Waals surface area contributed by atoms with Gasteiger partial charge in [0.05, 0.1) is 5.71 Å². The Labute approximate surface area is 105 Å². The number of halogens is 1. The third-order valence-corrected chi connectivity index (χ3v) is 2.69. The molecule has 1 amide bonds. The number of rotatable bonds is 4. The number of nitrogens with one attached hydrogen (secondary N) is 1. The van der Waals surface area contributed by atoms with E-state index in [0.29, 0.717) is 18.7 Å². The molecule has 1 heterocycles. The van der Waals surface area contributed by atoms with Crippen LogP contribution in [0.25, 0.3) is 0 Å². The highest BCUT2D eigenvalue weighted by Crippen LogP contribution is 2.17. The van der Waals surface area contributed by atoms with Crippen molar-refractivity contribution < 1.29 is 14.0 Å². The van der Waals surface area contributed by atoms with E-state index in [4.69, 9.17) is 4.84 Å². The normalized spacial score (nSPS) is 18.1. The topological polar surface area (TPSA) is 50.7 Å². The van der Waals surface area contributed by atoms with Gasteiger partial charge in [0.2, 0.25) is 6.10 Å². The van der Waals surface area contributed by atoms with Gasteiger partial charge in [-0.3, -0.25) is 4.79 Å². The molecule has 96 valence electrons. The number of nitrogens with zero attached hydrogens (tertiary/aromatic N) is 1. The maximum absolute atomic E-state index is 12.8. The Kier molecular flexibility index (Phi) is 3.92. The van der Waals surface area contributed by atoms with Gasteiger partial charge in [0.15, 0.2) is 0 Å². The van der Waals surface area contributed by atoms with E-state index in [1.54, 1.807) is 12.1 Å². The molecule has 2 rings (SSSR count). The maximum atomic E-state index is 12.8. The molecule has 1 aromatic carbocycles. The van der Waals surface area contributed by atoms with Crippen LogP contribution in [0.15, 0.2) is 29.4 Å². The van der Waals surface area contributed by atoms with Crippen molar-refractivity contribution in [3.63, 3.8) is 0 Å². The lowest BCUT2D eigenvalue weighted by atomic mass is 10.0. The fourth-order valence-electron chi connectivity index (χ4n) is 1.69. The predicted molar refractivity (Wildman–Crippen MR) is 65.7 cm³/mol. The molecule has 1 atom stereocenters. The molecular weight excluding hydrogens is 235 g/mol. The Balaban J connectivity index is 1.95. The van der Waals surface area contributed by atoms with Gasteiger partial charge in [-0.25, -0.2) is 4.39 Å². The molecule has 1 N–H and O–H groups in total. The van der Waals surface area contributed by atoms with Crippen molar-refractivity contribution in [2.24, 2.45) is 5.16 Å². The first-order valence-electron chi connectivity index (χ1n) is 5.97. The molecule has 1 aliphatic heterocycles. The standard InChI is InChI=1S/C13H15FN2O2/c1-2-7-15-13(17)12-8-11(16-18-12)9-3-5-10(14)6-4-9/h3-6,12H,2,7-8H2,1H3,(H,15,17). The predicted octanol–water partition coefficient (Wildman–Crippen LogP) is 1.84. The minimum absolute atomic E-state index is 0.155. The second kappa shape index (κ2) is 5.62. The Morgan fingerprint density at radius 3 is 2.89 bits per heavy atom. The monoisotopic (exact) mass is 250 g/mol. The van der Waals surface area contributed by atoms with E-state index in [2.05, 4.69) is 10.5 Å². The highest BCUT2D eigenvalue weighted by Gasteiger charge is 2.28. The van der Waals surface area contributed by atoms with Gasteiger partial charge in [-0.15, -0.1) is 0 Å². The number of oxime groups is 1. The quantitative estimate of drug-likeness (QED) is 0.886. The summed E-state index contributed by atoms with van der Waals surface area (Å²) in [4.78, 5) is 16.8. The lowest BCUT2D eigenvalue weighted by molar-refractivity contribution is -0.131. The van der Waals surface area contributed by atoms with Gasteiger partial charge in [0.25, 0.3) is 5.91 Å². The molecular formula is C13H15FN2O2. The van der Waals surface area contributed by atoms with Crippen molar-refractivity contribution in [3.8, 4) is 0 Å². The summed E-state index contributed by atoms with van der Waals surface area (Å²) in [5.41, 5.74) is 1.45. The number of carbonyl (C=O) groups excluding carboxylic acids is 1. The van der Waals surface area contributed by atoms with Crippen LogP contribution in [0.4, 0.5) is 4.39 Å². The summed E-state index contributed by atoms with van der Waals surface area (Å²) >= 11 is 0. The van der Waals surface area contributed by atoms with Crippen molar-refractivity contribution >= 4 is 11.6 Å². The highest BCUT2D eigenvalue weighted by molar-refractivity contribution is 6.04. The molecule has 0 bridgehead atoms. The van der Waals surface area contributed by atoms with E-state index in [1.165, 1.54) is 12.1 Å². The molecule has 0 fully saturated rings. The van der Waals surface area contributed by atoms with Gasteiger partial charge in [-0.2, -0.15) is 0 Å². The second-order valence-corrected chi connectivity index (χ2v) is 4.13. The molecule has 0 aliphatic carbocycles. The molecule has 0 spiro atoms. The smallest absolute Gasteiger partial charge is 0.264 e. The van der Waals surface area contributed by atoms with Crippen molar-refractivity contribution in [1.82, 2.24) is 5.32 Å². The summed E-state index contributed by atoms with van der Waals surface area (Å²) in [6.45, 7) is 2.61. The zero-order valence-corrected chi connectivity index (χ0v) is 10.1. The zero-order valence-electron chi connectivity index (χ0n) is 10.1. The molecule has 0 saturated carbocycles. The number of benzene rings is 1. The molecule has 4 nitrogen and oxygen atoms in total. The molecule has 1 aromatic rings. The Morgan fingerprint density at radius 2 is 2.22 bits per heavy atom. The molecule has 18 heavy (non-hydrogen) atoms. The fraction of sp³-hybridized carbons (Fsp3) is 0.385. The highest BCUT2D eigenvalue weighted by atomic mass is 19.1. The molecule has 0 aromatic heterocycles. The summed E-state index contributed by atoms with van der Waals surface area (Å²) in [6, 6.07) is 5.98. The van der Waals surface area contributed by atoms with Gasteiger partial charge >= 0.3 is 0 Å². The average molecular weight is 250 g/mol. The molecule has 0 saturated heterocycles. The van der Waals surface area contributed by atoms with E-state index in [9.17, 15) is 9.18 Å². The Bertz CT molecular complexity index is 457. The van der Waals surface area contributed by atoms with Gasteiger partial charge in [0, 0.05) is 13.0 Å². The van der Waals surface area contributed by atoms with Gasteiger partial charge < -0.3 is 10.2 Å². The zero-order chi connectivity index (χ0) is 13.0. The summed E-state index contributed by atoms with van der Waals surface area (Å²) in [6.07, 6.45) is 0.724. The van der Waals surface area contributed by atoms with Crippen LogP contribution in [0, 0.1) is 5.82 Å². The third-order valence-electron chi connectivity index (χ3n) is 2.69. The van der Waals surface area contributed by atoms with Gasteiger partial charge in [-0.1, -0.05) is 24.2 Å². The van der Waals surface area contributed by atoms with Gasteiger partial charge in [0.1, 0.15) is 5.82 Å². The van der Waals surface area contributed by atoms with Crippen molar-refractivity contribution in [1.29, 1.82) is 0 Å². The van der Waals surface area contributed by atoms with E-state index in [0.717, 1.165) is 12.0 Å². The minimum Gasteiger partial charge on any atom is -0.382 e. The third kappa shape index (κ3) is 2.85. The van der Waals surface area contributed by atoms with E-state index >= 15 is 0 Å². The first kappa shape index (κ1) is 12.5. The second-order valence-electron chi connectivity index (χ2n) is 4.13. The van der Waals surface area contributed by atoms with Crippen molar-refractivity contribution in [2.75, 3.05) is 6.54 Å². The molecule has 1 unspecified atom stereocenters. The minimum atomic E-state index is -0.573. The molecule has 0 radical (unpaired) electrons. The van der Waals surface area contributed by atoms with Crippen molar-refractivity contribution in [2.45, 2.75) is 25.9 Å². The van der Waals surface area contributed by atoms with Crippen LogP contribution in [-0.2, 0) is 9.63 Å². The first-order valence-corrected chi connectivity index (χ1v) is 5.97. The summed E-state index contributed by atoms with van der Waals surface area (Å²) < 4.78 is 12.8. The Hall–Kier alpha value is -1.91. The van der Waals surface area contributed by atoms with E-state index in [-0.39, 0.29) is 11.7 Å². The summed E-state index contributed by atoms with van der Waals surface area (Å²) in [7, 11) is 0.